The van der Waals surface area contributed by atoms with Crippen LogP contribution in [0.1, 0.15) is 11.4 Å². The third-order valence-electron chi connectivity index (χ3n) is 5.92. The van der Waals surface area contributed by atoms with Gasteiger partial charge < -0.3 is 15.1 Å². The lowest BCUT2D eigenvalue weighted by molar-refractivity contribution is 0.188. The van der Waals surface area contributed by atoms with E-state index in [-0.39, 0.29) is 12.4 Å². The van der Waals surface area contributed by atoms with Crippen LogP contribution in [-0.2, 0) is 6.42 Å². The lowest BCUT2D eigenvalue weighted by Crippen LogP contribution is -2.47. The van der Waals surface area contributed by atoms with Crippen LogP contribution in [0.3, 0.4) is 0 Å². The van der Waals surface area contributed by atoms with Crippen LogP contribution < -0.4 is 4.90 Å². The molecule has 0 radical (unpaired) electrons. The summed E-state index contributed by atoms with van der Waals surface area (Å²) < 4.78 is 1.74. The van der Waals surface area contributed by atoms with Gasteiger partial charge >= 0.3 is 0 Å². The van der Waals surface area contributed by atoms with E-state index < -0.39 is 0 Å². The summed E-state index contributed by atoms with van der Waals surface area (Å²) in [5.41, 5.74) is 3.45. The van der Waals surface area contributed by atoms with Crippen LogP contribution in [0.2, 0.25) is 5.02 Å². The van der Waals surface area contributed by atoms with Crippen molar-refractivity contribution in [1.29, 1.82) is 0 Å². The predicted molar refractivity (Wildman–Crippen MR) is 128 cm³/mol. The molecule has 0 amide bonds. The zero-order valence-corrected chi connectivity index (χ0v) is 18.9. The van der Waals surface area contributed by atoms with Gasteiger partial charge in [0, 0.05) is 67.7 Å². The second-order valence-electron chi connectivity index (χ2n) is 8.16. The fourth-order valence-electron chi connectivity index (χ4n) is 4.17. The fraction of sp³-hybridized carbons (Fsp3) is 0.292. The first-order chi connectivity index (χ1) is 16.1. The number of β-amino-alcohol motifs (C(OH)–C–C–N with tert-alkyl or cyclic N) is 1. The van der Waals surface area contributed by atoms with Crippen LogP contribution in [0.25, 0.3) is 16.8 Å². The topological polar surface area (TPSA) is 90.0 Å². The summed E-state index contributed by atoms with van der Waals surface area (Å²) in [6.45, 7) is 4.55. The van der Waals surface area contributed by atoms with Gasteiger partial charge in [-0.1, -0.05) is 11.6 Å². The molecule has 0 unspecified atom stereocenters. The van der Waals surface area contributed by atoms with Gasteiger partial charge in [0.15, 0.2) is 11.5 Å². The lowest BCUT2D eigenvalue weighted by atomic mass is 10.1. The van der Waals surface area contributed by atoms with Crippen LogP contribution in [0.4, 0.5) is 5.82 Å². The fourth-order valence-corrected chi connectivity index (χ4v) is 4.39. The Morgan fingerprint density at radius 1 is 1.00 bits per heavy atom. The maximum atomic E-state index is 9.82. The molecular formula is C24H25ClN6O2. The summed E-state index contributed by atoms with van der Waals surface area (Å²) in [5.74, 6) is 1.84. The summed E-state index contributed by atoms with van der Waals surface area (Å²) >= 11 is 6.32. The molecule has 0 atom stereocenters. The van der Waals surface area contributed by atoms with Crippen LogP contribution in [-0.4, -0.2) is 74.0 Å². The number of pyridine rings is 2. The number of halogens is 1. The number of aliphatic hydroxyl groups is 1. The van der Waals surface area contributed by atoms with Crippen LogP contribution >= 0.6 is 11.6 Å². The van der Waals surface area contributed by atoms with E-state index in [1.54, 1.807) is 22.7 Å². The molecule has 5 rings (SSSR count). The highest BCUT2D eigenvalue weighted by Gasteiger charge is 2.18. The van der Waals surface area contributed by atoms with Crippen LogP contribution in [0.15, 0.2) is 54.9 Å². The van der Waals surface area contributed by atoms with Gasteiger partial charge in [-0.15, -0.1) is 0 Å². The Labute approximate surface area is 196 Å². The van der Waals surface area contributed by atoms with E-state index in [2.05, 4.69) is 30.9 Å². The number of aromatic nitrogens is 4. The molecule has 4 aromatic rings. The van der Waals surface area contributed by atoms with Gasteiger partial charge in [0.2, 0.25) is 0 Å². The molecular weight excluding hydrogens is 440 g/mol. The third-order valence-corrected chi connectivity index (χ3v) is 6.25. The van der Waals surface area contributed by atoms with Crippen molar-refractivity contribution in [2.75, 3.05) is 44.2 Å². The quantitative estimate of drug-likeness (QED) is 0.453. The molecule has 4 heterocycles. The minimum atomic E-state index is 0.164. The number of fused-ring (bicyclic) bond motifs is 1. The highest BCUT2D eigenvalue weighted by Crippen LogP contribution is 2.31. The average molecular weight is 465 g/mol. The molecule has 1 aliphatic heterocycles. The zero-order chi connectivity index (χ0) is 22.8. The van der Waals surface area contributed by atoms with Crippen LogP contribution in [0, 0.1) is 0 Å². The van der Waals surface area contributed by atoms with Gasteiger partial charge in [-0.2, -0.15) is 5.10 Å². The highest BCUT2D eigenvalue weighted by atomic mass is 35.5. The monoisotopic (exact) mass is 464 g/mol. The van der Waals surface area contributed by atoms with Crippen molar-refractivity contribution in [3.8, 4) is 16.9 Å². The molecule has 1 aromatic carbocycles. The van der Waals surface area contributed by atoms with Crippen molar-refractivity contribution in [1.82, 2.24) is 24.5 Å². The number of hydrogen-bond acceptors (Lipinski definition) is 7. The van der Waals surface area contributed by atoms with E-state index in [1.807, 2.05) is 30.6 Å². The number of nitrogens with zero attached hydrogens (tertiary/aromatic N) is 6. The Balaban J connectivity index is 1.33. The molecule has 0 bridgehead atoms. The van der Waals surface area contributed by atoms with Gasteiger partial charge in [0.25, 0.3) is 0 Å². The minimum absolute atomic E-state index is 0.164. The number of rotatable bonds is 6. The first kappa shape index (κ1) is 21.6. The van der Waals surface area contributed by atoms with Gasteiger partial charge in [0.05, 0.1) is 6.61 Å². The first-order valence-electron chi connectivity index (χ1n) is 11.0. The highest BCUT2D eigenvalue weighted by molar-refractivity contribution is 6.33. The SMILES string of the molecule is OCCN1CCN(c2cc(Cc3nc4ccc(-c5cc(O)ccc5Cl)cn4n3)ccn2)CC1. The molecule has 33 heavy (non-hydrogen) atoms. The summed E-state index contributed by atoms with van der Waals surface area (Å²) in [6.07, 6.45) is 4.31. The molecule has 1 fully saturated rings. The van der Waals surface area contributed by atoms with Gasteiger partial charge in [0.1, 0.15) is 11.6 Å². The summed E-state index contributed by atoms with van der Waals surface area (Å²) in [4.78, 5) is 13.8. The standard InChI is InChI=1S/C24H25ClN6O2/c25-21-3-2-19(33)15-20(21)18-1-4-23-27-22(28-31(23)16-18)13-17-5-6-26-24(14-17)30-9-7-29(8-10-30)11-12-32/h1-6,14-16,32-33H,7-13H2. The normalized spacial score (nSPS) is 14.8. The Morgan fingerprint density at radius 2 is 1.85 bits per heavy atom. The number of phenolic OH excluding ortho intramolecular Hbond substituents is 1. The maximum absolute atomic E-state index is 9.82. The van der Waals surface area contributed by atoms with E-state index >= 15 is 0 Å². The van der Waals surface area contributed by atoms with E-state index in [9.17, 15) is 5.11 Å². The third kappa shape index (κ3) is 4.78. The van der Waals surface area contributed by atoms with E-state index in [0.717, 1.165) is 66.7 Å². The van der Waals surface area contributed by atoms with Crippen molar-refractivity contribution in [2.24, 2.45) is 0 Å². The molecule has 0 saturated carbocycles. The molecule has 0 spiro atoms. The van der Waals surface area contributed by atoms with E-state index in [0.29, 0.717) is 11.4 Å². The smallest absolute Gasteiger partial charge is 0.156 e. The van der Waals surface area contributed by atoms with Crippen molar-refractivity contribution >= 4 is 23.1 Å². The minimum Gasteiger partial charge on any atom is -0.508 e. The van der Waals surface area contributed by atoms with Crippen molar-refractivity contribution < 1.29 is 10.2 Å². The number of benzene rings is 1. The van der Waals surface area contributed by atoms with Crippen molar-refractivity contribution in [2.45, 2.75) is 6.42 Å². The molecule has 1 saturated heterocycles. The predicted octanol–water partition coefficient (Wildman–Crippen LogP) is 2.86. The number of piperazine rings is 1. The lowest BCUT2D eigenvalue weighted by Gasteiger charge is -2.35. The Morgan fingerprint density at radius 3 is 2.67 bits per heavy atom. The number of aromatic hydroxyl groups is 1. The maximum Gasteiger partial charge on any atom is 0.156 e. The Bertz CT molecular complexity index is 1270. The molecule has 170 valence electrons. The molecule has 9 heteroatoms. The summed E-state index contributed by atoms with van der Waals surface area (Å²) in [7, 11) is 0. The molecule has 0 aliphatic carbocycles. The number of aliphatic hydroxyl groups excluding tert-OH is 1. The van der Waals surface area contributed by atoms with E-state index in [1.165, 1.54) is 0 Å². The number of phenols is 1. The molecule has 1 aliphatic rings. The van der Waals surface area contributed by atoms with Gasteiger partial charge in [-0.3, -0.25) is 4.90 Å². The Hall–Kier alpha value is -3.20. The molecule has 3 aromatic heterocycles. The summed E-state index contributed by atoms with van der Waals surface area (Å²) in [6, 6.07) is 12.8. The van der Waals surface area contributed by atoms with Crippen LogP contribution in [0.5, 0.6) is 5.75 Å². The first-order valence-corrected chi connectivity index (χ1v) is 11.3. The largest absolute Gasteiger partial charge is 0.508 e. The summed E-state index contributed by atoms with van der Waals surface area (Å²) in [5, 5.41) is 24.2. The second-order valence-corrected chi connectivity index (χ2v) is 8.57. The van der Waals surface area contributed by atoms with E-state index in [4.69, 9.17) is 16.7 Å². The molecule has 2 N–H and O–H groups in total. The van der Waals surface area contributed by atoms with Crippen molar-refractivity contribution in [3.05, 3.63) is 71.3 Å². The average Bonchev–Trinajstić information content (AvgIpc) is 3.23. The zero-order valence-electron chi connectivity index (χ0n) is 18.1. The number of hydrogen-bond donors (Lipinski definition) is 2. The van der Waals surface area contributed by atoms with Crippen molar-refractivity contribution in [3.63, 3.8) is 0 Å². The second kappa shape index (κ2) is 9.35. The number of anilines is 1. The van der Waals surface area contributed by atoms with Gasteiger partial charge in [-0.25, -0.2) is 14.5 Å². The van der Waals surface area contributed by atoms with Gasteiger partial charge in [-0.05, 0) is 48.0 Å². The molecule has 8 nitrogen and oxygen atoms in total. The Kier molecular flexibility index (Phi) is 6.13.